The number of carbonyl (C=O) groups excluding carboxylic acids is 1. The molecular weight excluding hydrogens is 426 g/mol. The average molecular weight is 454 g/mol. The maximum atomic E-state index is 12.5. The third-order valence-electron chi connectivity index (χ3n) is 5.16. The minimum absolute atomic E-state index is 0.0656. The first kappa shape index (κ1) is 22.2. The second-order valence-electron chi connectivity index (χ2n) is 7.47. The molecule has 8 nitrogen and oxygen atoms in total. The van der Waals surface area contributed by atoms with Crippen LogP contribution in [0.25, 0.3) is 5.69 Å². The Kier molecular flexibility index (Phi) is 7.28. The first-order valence-electron chi connectivity index (χ1n) is 10.5. The monoisotopic (exact) mass is 453 g/mol. The standard InChI is InChI=1S/C23H27N5O3S/c1-17-6-8-19(9-7-17)28-22(27-10-12-31-13-11-27)25-26-23(28)32-16-21(29)24-15-18-4-3-5-20(14-18)30-2/h3-9,14H,10-13,15-16H2,1-2H3,(H,24,29). The van der Waals surface area contributed by atoms with Gasteiger partial charge < -0.3 is 19.7 Å². The lowest BCUT2D eigenvalue weighted by molar-refractivity contribution is -0.118. The van der Waals surface area contributed by atoms with Crippen molar-refractivity contribution < 1.29 is 14.3 Å². The number of morpholine rings is 1. The van der Waals surface area contributed by atoms with E-state index in [0.717, 1.165) is 36.0 Å². The van der Waals surface area contributed by atoms with Gasteiger partial charge in [0.1, 0.15) is 5.75 Å². The maximum Gasteiger partial charge on any atom is 0.232 e. The summed E-state index contributed by atoms with van der Waals surface area (Å²) in [5, 5.41) is 12.5. The molecule has 2 heterocycles. The summed E-state index contributed by atoms with van der Waals surface area (Å²) in [7, 11) is 1.63. The minimum atomic E-state index is -0.0656. The van der Waals surface area contributed by atoms with Crippen molar-refractivity contribution in [2.45, 2.75) is 18.6 Å². The summed E-state index contributed by atoms with van der Waals surface area (Å²) >= 11 is 1.38. The van der Waals surface area contributed by atoms with Gasteiger partial charge in [0.25, 0.3) is 0 Å². The molecular formula is C23H27N5O3S. The van der Waals surface area contributed by atoms with Crippen LogP contribution in [0.1, 0.15) is 11.1 Å². The fourth-order valence-electron chi connectivity index (χ4n) is 3.41. The van der Waals surface area contributed by atoms with E-state index in [1.54, 1.807) is 7.11 Å². The second kappa shape index (κ2) is 10.5. The number of anilines is 1. The van der Waals surface area contributed by atoms with Gasteiger partial charge in [0.05, 0.1) is 31.8 Å². The van der Waals surface area contributed by atoms with Crippen LogP contribution in [0.3, 0.4) is 0 Å². The third kappa shape index (κ3) is 5.41. The van der Waals surface area contributed by atoms with E-state index in [-0.39, 0.29) is 11.7 Å². The van der Waals surface area contributed by atoms with Gasteiger partial charge in [-0.3, -0.25) is 9.36 Å². The largest absolute Gasteiger partial charge is 0.497 e. The molecule has 1 aliphatic rings. The van der Waals surface area contributed by atoms with Crippen molar-refractivity contribution in [3.8, 4) is 11.4 Å². The van der Waals surface area contributed by atoms with Crippen LogP contribution in [0.2, 0.25) is 0 Å². The first-order valence-corrected chi connectivity index (χ1v) is 11.5. The molecule has 0 spiro atoms. The molecule has 1 saturated heterocycles. The maximum absolute atomic E-state index is 12.5. The van der Waals surface area contributed by atoms with Gasteiger partial charge in [0.15, 0.2) is 5.16 Å². The van der Waals surface area contributed by atoms with Crippen LogP contribution in [0.4, 0.5) is 5.95 Å². The highest BCUT2D eigenvalue weighted by Crippen LogP contribution is 2.27. The van der Waals surface area contributed by atoms with E-state index in [1.165, 1.54) is 17.3 Å². The number of thioether (sulfide) groups is 1. The number of hydrogen-bond donors (Lipinski definition) is 1. The Morgan fingerprint density at radius 2 is 1.94 bits per heavy atom. The molecule has 4 rings (SSSR count). The van der Waals surface area contributed by atoms with E-state index < -0.39 is 0 Å². The number of ether oxygens (including phenoxy) is 2. The van der Waals surface area contributed by atoms with E-state index in [9.17, 15) is 4.79 Å². The van der Waals surface area contributed by atoms with E-state index in [0.29, 0.717) is 24.9 Å². The van der Waals surface area contributed by atoms with Gasteiger partial charge in [0.2, 0.25) is 11.9 Å². The minimum Gasteiger partial charge on any atom is -0.497 e. The van der Waals surface area contributed by atoms with Gasteiger partial charge in [-0.05, 0) is 36.8 Å². The highest BCUT2D eigenvalue weighted by Gasteiger charge is 2.22. The smallest absolute Gasteiger partial charge is 0.232 e. The van der Waals surface area contributed by atoms with Crippen LogP contribution >= 0.6 is 11.8 Å². The van der Waals surface area contributed by atoms with Crippen molar-refractivity contribution in [1.82, 2.24) is 20.1 Å². The number of methoxy groups -OCH3 is 1. The lowest BCUT2D eigenvalue weighted by Crippen LogP contribution is -2.37. The van der Waals surface area contributed by atoms with E-state index >= 15 is 0 Å². The number of aromatic nitrogens is 3. The number of benzene rings is 2. The zero-order valence-electron chi connectivity index (χ0n) is 18.3. The van der Waals surface area contributed by atoms with Gasteiger partial charge >= 0.3 is 0 Å². The molecule has 0 saturated carbocycles. The summed E-state index contributed by atoms with van der Waals surface area (Å²) in [6.45, 7) is 5.35. The molecule has 3 aromatic rings. The van der Waals surface area contributed by atoms with Crippen LogP contribution in [0.5, 0.6) is 5.75 Å². The summed E-state index contributed by atoms with van der Waals surface area (Å²) < 4.78 is 12.7. The first-order chi connectivity index (χ1) is 15.6. The SMILES string of the molecule is COc1cccc(CNC(=O)CSc2nnc(N3CCOCC3)n2-c2ccc(C)cc2)c1. The van der Waals surface area contributed by atoms with Gasteiger partial charge in [-0.2, -0.15) is 0 Å². The Hall–Kier alpha value is -3.04. The van der Waals surface area contributed by atoms with Crippen molar-refractivity contribution in [2.75, 3.05) is 44.1 Å². The predicted molar refractivity (Wildman–Crippen MR) is 125 cm³/mol. The quantitative estimate of drug-likeness (QED) is 0.525. The molecule has 2 aromatic carbocycles. The summed E-state index contributed by atoms with van der Waals surface area (Å²) in [5.74, 6) is 1.73. The zero-order chi connectivity index (χ0) is 22.3. The molecule has 1 aromatic heterocycles. The molecule has 0 atom stereocenters. The van der Waals surface area contributed by atoms with Crippen LogP contribution in [0.15, 0.2) is 53.7 Å². The van der Waals surface area contributed by atoms with E-state index in [2.05, 4.69) is 51.6 Å². The van der Waals surface area contributed by atoms with Crippen LogP contribution in [-0.2, 0) is 16.1 Å². The molecule has 1 fully saturated rings. The molecule has 0 aliphatic carbocycles. The number of aryl methyl sites for hydroxylation is 1. The molecule has 1 amide bonds. The number of nitrogens with one attached hydrogen (secondary N) is 1. The highest BCUT2D eigenvalue weighted by molar-refractivity contribution is 7.99. The van der Waals surface area contributed by atoms with Crippen molar-refractivity contribution >= 4 is 23.6 Å². The van der Waals surface area contributed by atoms with Crippen molar-refractivity contribution in [2.24, 2.45) is 0 Å². The summed E-state index contributed by atoms with van der Waals surface area (Å²) in [6.07, 6.45) is 0. The van der Waals surface area contributed by atoms with E-state index in [1.807, 2.05) is 28.8 Å². The fraction of sp³-hybridized carbons (Fsp3) is 0.348. The van der Waals surface area contributed by atoms with Crippen molar-refractivity contribution in [3.05, 3.63) is 59.7 Å². The zero-order valence-corrected chi connectivity index (χ0v) is 19.1. The Labute approximate surface area is 191 Å². The average Bonchev–Trinajstić information content (AvgIpc) is 3.26. The van der Waals surface area contributed by atoms with Gasteiger partial charge in [0, 0.05) is 19.6 Å². The van der Waals surface area contributed by atoms with Gasteiger partial charge in [-0.1, -0.05) is 41.6 Å². The van der Waals surface area contributed by atoms with Crippen LogP contribution < -0.4 is 15.0 Å². The predicted octanol–water partition coefficient (Wildman–Crippen LogP) is 2.83. The molecule has 168 valence electrons. The Morgan fingerprint density at radius 1 is 1.16 bits per heavy atom. The molecule has 1 aliphatic heterocycles. The number of amides is 1. The molecule has 0 radical (unpaired) electrons. The van der Waals surface area contributed by atoms with Gasteiger partial charge in [-0.25, -0.2) is 0 Å². The van der Waals surface area contributed by atoms with Crippen molar-refractivity contribution in [3.63, 3.8) is 0 Å². The van der Waals surface area contributed by atoms with Gasteiger partial charge in [-0.15, -0.1) is 10.2 Å². The number of rotatable bonds is 8. The Balaban J connectivity index is 1.46. The molecule has 1 N–H and O–H groups in total. The third-order valence-corrected chi connectivity index (χ3v) is 6.09. The lowest BCUT2D eigenvalue weighted by atomic mass is 10.2. The second-order valence-corrected chi connectivity index (χ2v) is 8.41. The molecule has 0 unspecified atom stereocenters. The molecule has 9 heteroatoms. The number of nitrogens with zero attached hydrogens (tertiary/aromatic N) is 4. The summed E-state index contributed by atoms with van der Waals surface area (Å²) in [5.41, 5.74) is 3.14. The molecule has 0 bridgehead atoms. The Morgan fingerprint density at radius 3 is 2.69 bits per heavy atom. The number of hydrogen-bond acceptors (Lipinski definition) is 7. The lowest BCUT2D eigenvalue weighted by Gasteiger charge is -2.27. The van der Waals surface area contributed by atoms with E-state index in [4.69, 9.17) is 9.47 Å². The highest BCUT2D eigenvalue weighted by atomic mass is 32.2. The Bertz CT molecular complexity index is 1050. The fourth-order valence-corrected chi connectivity index (χ4v) is 4.18. The summed E-state index contributed by atoms with van der Waals surface area (Å²) in [4.78, 5) is 14.7. The molecule has 32 heavy (non-hydrogen) atoms. The normalized spacial score (nSPS) is 13.8. The summed E-state index contributed by atoms with van der Waals surface area (Å²) in [6, 6.07) is 15.9. The van der Waals surface area contributed by atoms with Crippen molar-refractivity contribution in [1.29, 1.82) is 0 Å². The van der Waals surface area contributed by atoms with Crippen LogP contribution in [0, 0.1) is 6.92 Å². The topological polar surface area (TPSA) is 81.5 Å². The van der Waals surface area contributed by atoms with Crippen LogP contribution in [-0.4, -0.2) is 59.8 Å². The number of carbonyl (C=O) groups is 1.